The molecule has 4 aliphatic rings. The molecule has 198 valence electrons. The van der Waals surface area contributed by atoms with Gasteiger partial charge in [0.25, 0.3) is 11.6 Å². The highest BCUT2D eigenvalue weighted by atomic mass is 17.1. The van der Waals surface area contributed by atoms with Gasteiger partial charge >= 0.3 is 0 Å². The molecule has 8 atom stereocenters. The molecule has 0 unspecified atom stereocenters. The lowest BCUT2D eigenvalue weighted by Crippen LogP contribution is -2.79. The summed E-state index contributed by atoms with van der Waals surface area (Å²) in [7, 11) is 0. The fourth-order valence-corrected chi connectivity index (χ4v) is 7.88. The van der Waals surface area contributed by atoms with Crippen molar-refractivity contribution in [3.05, 3.63) is 35.5 Å². The SMILES string of the molecule is CC(C)[C@@H](C)C=C[C@@H](C)[C@H]1CC[C@H]2C3=CC=C4C[C@@](O)(OO)C(O)(O)C(O)(O)[C@]4(C)[C@H]3CC[C@]12C. The number of allylic oxidation sites excluding steroid dienone is 5. The molecule has 0 aromatic rings. The molecule has 0 saturated heterocycles. The van der Waals surface area contributed by atoms with Crippen LogP contribution in [0.15, 0.2) is 35.5 Å². The van der Waals surface area contributed by atoms with E-state index >= 15 is 0 Å². The van der Waals surface area contributed by atoms with Gasteiger partial charge in [-0.1, -0.05) is 70.1 Å². The standard InChI is InChI=1S/C28H44O7/c1-16(2)17(3)7-8-18(4)21-11-12-22-20-10-9-19-15-26(29,35-34)28(32,33)27(30,31)25(19,6)23(20)13-14-24(21,22)5/h7-10,16-18,21-23,29-34H,11-15H2,1-6H3/t17-,18+,21+,22-,23-,24+,25-,26+/m0/s1. The molecule has 35 heavy (non-hydrogen) atoms. The molecule has 0 radical (unpaired) electrons. The molecule has 0 aliphatic heterocycles. The minimum atomic E-state index is -3.51. The molecule has 6 N–H and O–H groups in total. The maximum absolute atomic E-state index is 11.2. The van der Waals surface area contributed by atoms with Crippen LogP contribution in [-0.2, 0) is 4.89 Å². The second-order valence-electron chi connectivity index (χ2n) is 12.6. The van der Waals surface area contributed by atoms with Gasteiger partial charge in [-0.2, -0.15) is 4.89 Å². The van der Waals surface area contributed by atoms with E-state index in [1.54, 1.807) is 13.0 Å². The quantitative estimate of drug-likeness (QED) is 0.149. The van der Waals surface area contributed by atoms with E-state index in [0.29, 0.717) is 35.7 Å². The van der Waals surface area contributed by atoms with Gasteiger partial charge < -0.3 is 25.5 Å². The van der Waals surface area contributed by atoms with E-state index in [-0.39, 0.29) is 17.3 Å². The van der Waals surface area contributed by atoms with Gasteiger partial charge in [0, 0.05) is 6.42 Å². The summed E-state index contributed by atoms with van der Waals surface area (Å²) in [5.74, 6) is -7.68. The molecule has 7 nitrogen and oxygen atoms in total. The first-order chi connectivity index (χ1) is 16.1. The van der Waals surface area contributed by atoms with Crippen LogP contribution in [0.4, 0.5) is 0 Å². The van der Waals surface area contributed by atoms with Gasteiger partial charge in [-0.25, -0.2) is 5.26 Å². The van der Waals surface area contributed by atoms with Crippen LogP contribution in [0, 0.1) is 46.3 Å². The summed E-state index contributed by atoms with van der Waals surface area (Å²) >= 11 is 0. The number of fused-ring (bicyclic) bond motifs is 5. The lowest BCUT2D eigenvalue weighted by molar-refractivity contribution is -0.538. The van der Waals surface area contributed by atoms with Crippen molar-refractivity contribution < 1.29 is 35.7 Å². The van der Waals surface area contributed by atoms with Crippen molar-refractivity contribution in [2.24, 2.45) is 46.3 Å². The van der Waals surface area contributed by atoms with Crippen LogP contribution in [0.25, 0.3) is 0 Å². The van der Waals surface area contributed by atoms with Crippen molar-refractivity contribution in [3.63, 3.8) is 0 Å². The fourth-order valence-electron chi connectivity index (χ4n) is 7.88. The van der Waals surface area contributed by atoms with Crippen molar-refractivity contribution in [3.8, 4) is 0 Å². The summed E-state index contributed by atoms with van der Waals surface area (Å²) < 4.78 is 0. The van der Waals surface area contributed by atoms with Crippen LogP contribution < -0.4 is 0 Å². The van der Waals surface area contributed by atoms with Crippen LogP contribution in [0.1, 0.15) is 73.6 Å². The Morgan fingerprint density at radius 1 is 0.886 bits per heavy atom. The predicted molar refractivity (Wildman–Crippen MR) is 131 cm³/mol. The Balaban J connectivity index is 1.69. The van der Waals surface area contributed by atoms with Crippen LogP contribution in [-0.4, -0.2) is 48.2 Å². The predicted octanol–water partition coefficient (Wildman–Crippen LogP) is 3.73. The lowest BCUT2D eigenvalue weighted by Gasteiger charge is -2.62. The van der Waals surface area contributed by atoms with Gasteiger partial charge in [0.1, 0.15) is 0 Å². The van der Waals surface area contributed by atoms with Crippen LogP contribution in [0.5, 0.6) is 0 Å². The summed E-state index contributed by atoms with van der Waals surface area (Å²) in [5.41, 5.74) is 0.103. The van der Waals surface area contributed by atoms with Gasteiger partial charge in [0.2, 0.25) is 5.79 Å². The zero-order valence-corrected chi connectivity index (χ0v) is 21.9. The van der Waals surface area contributed by atoms with Crippen LogP contribution >= 0.6 is 0 Å². The monoisotopic (exact) mass is 492 g/mol. The molecule has 4 aliphatic carbocycles. The van der Waals surface area contributed by atoms with E-state index < -0.39 is 29.2 Å². The third-order valence-corrected chi connectivity index (χ3v) is 10.8. The summed E-state index contributed by atoms with van der Waals surface area (Å²) in [6, 6.07) is 0. The second kappa shape index (κ2) is 8.48. The Kier molecular flexibility index (Phi) is 6.54. The Bertz CT molecular complexity index is 934. The van der Waals surface area contributed by atoms with Gasteiger partial charge in [0.15, 0.2) is 0 Å². The molecule has 4 rings (SSSR count). The van der Waals surface area contributed by atoms with E-state index in [2.05, 4.69) is 51.7 Å². The Hall–Kier alpha value is -1.06. The fraction of sp³-hybridized carbons (Fsp3) is 0.786. The number of hydrogen-bond acceptors (Lipinski definition) is 7. The topological polar surface area (TPSA) is 131 Å². The smallest absolute Gasteiger partial charge is 0.278 e. The van der Waals surface area contributed by atoms with E-state index in [0.717, 1.165) is 24.8 Å². The van der Waals surface area contributed by atoms with Gasteiger partial charge in [0.05, 0.1) is 5.41 Å². The first kappa shape index (κ1) is 27.0. The molecule has 0 spiro atoms. The zero-order valence-electron chi connectivity index (χ0n) is 21.9. The largest absolute Gasteiger partial charge is 0.361 e. The average Bonchev–Trinajstić information content (AvgIpc) is 3.15. The van der Waals surface area contributed by atoms with Crippen LogP contribution in [0.2, 0.25) is 0 Å². The second-order valence-corrected chi connectivity index (χ2v) is 12.6. The average molecular weight is 493 g/mol. The molecule has 0 bridgehead atoms. The third kappa shape index (κ3) is 3.50. The van der Waals surface area contributed by atoms with E-state index in [9.17, 15) is 30.8 Å². The number of hydrogen-bond donors (Lipinski definition) is 6. The normalized spacial score (nSPS) is 43.7. The number of aliphatic hydroxyl groups is 5. The first-order valence-electron chi connectivity index (χ1n) is 13.1. The van der Waals surface area contributed by atoms with Crippen molar-refractivity contribution in [1.29, 1.82) is 0 Å². The maximum Gasteiger partial charge on any atom is 0.278 e. The van der Waals surface area contributed by atoms with Gasteiger partial charge in [-0.3, -0.25) is 0 Å². The summed E-state index contributed by atoms with van der Waals surface area (Å²) in [4.78, 5) is 4.01. The molecule has 7 heteroatoms. The molecular weight excluding hydrogens is 448 g/mol. The molecule has 0 amide bonds. The van der Waals surface area contributed by atoms with Crippen molar-refractivity contribution in [1.82, 2.24) is 0 Å². The van der Waals surface area contributed by atoms with Crippen molar-refractivity contribution >= 4 is 0 Å². The Morgan fingerprint density at radius 2 is 1.54 bits per heavy atom. The highest BCUT2D eigenvalue weighted by Crippen LogP contribution is 2.68. The van der Waals surface area contributed by atoms with Crippen LogP contribution in [0.3, 0.4) is 0 Å². The minimum Gasteiger partial charge on any atom is -0.361 e. The maximum atomic E-state index is 11.2. The summed E-state index contributed by atoms with van der Waals surface area (Å²) in [6.07, 6.45) is 11.6. The van der Waals surface area contributed by atoms with Crippen molar-refractivity contribution in [2.75, 3.05) is 0 Å². The van der Waals surface area contributed by atoms with Crippen molar-refractivity contribution in [2.45, 2.75) is 91.0 Å². The zero-order chi connectivity index (χ0) is 26.2. The Morgan fingerprint density at radius 3 is 2.14 bits per heavy atom. The molecule has 0 aromatic carbocycles. The molecule has 3 fully saturated rings. The van der Waals surface area contributed by atoms with E-state index in [4.69, 9.17) is 0 Å². The third-order valence-electron chi connectivity index (χ3n) is 10.8. The van der Waals surface area contributed by atoms with E-state index in [1.807, 2.05) is 6.08 Å². The summed E-state index contributed by atoms with van der Waals surface area (Å²) in [6.45, 7) is 13.0. The first-order valence-corrected chi connectivity index (χ1v) is 13.1. The molecule has 0 aromatic heterocycles. The Labute approximate surface area is 208 Å². The van der Waals surface area contributed by atoms with Gasteiger partial charge in [-0.05, 0) is 73.5 Å². The molecular formula is C28H44O7. The number of rotatable bonds is 5. The molecule has 3 saturated carbocycles. The molecule has 0 heterocycles. The summed E-state index contributed by atoms with van der Waals surface area (Å²) in [5, 5.41) is 63.5. The lowest BCUT2D eigenvalue weighted by atomic mass is 9.47. The van der Waals surface area contributed by atoms with Gasteiger partial charge in [-0.15, -0.1) is 0 Å². The highest BCUT2D eigenvalue weighted by Gasteiger charge is 2.77. The van der Waals surface area contributed by atoms with E-state index in [1.165, 1.54) is 0 Å². The highest BCUT2D eigenvalue weighted by molar-refractivity contribution is 5.43. The minimum absolute atomic E-state index is 0.0571.